The Morgan fingerprint density at radius 2 is 1.67 bits per heavy atom. The number of imidazole rings is 1. The fourth-order valence-corrected chi connectivity index (χ4v) is 2.89. The van der Waals surface area contributed by atoms with Crippen LogP contribution in [0.5, 0.6) is 0 Å². The third-order valence-electron chi connectivity index (χ3n) is 4.21. The standard InChI is InChI=1S/C19H14F7N3.ClH/c20-14(4-5-27)9-29-10-28-17-15(7-13(8-16(17)29)19(24,25)26)11-2-1-3-12(6-11)18(21,22)23;/h1-4,6-8,10H,5,9,27H2;1H/b14-4-;. The maximum atomic E-state index is 13.8. The fourth-order valence-electron chi connectivity index (χ4n) is 2.89. The van der Waals surface area contributed by atoms with Gasteiger partial charge in [0.05, 0.1) is 35.0 Å². The van der Waals surface area contributed by atoms with Gasteiger partial charge in [0.2, 0.25) is 0 Å². The van der Waals surface area contributed by atoms with E-state index in [0.717, 1.165) is 47.3 Å². The predicted molar refractivity (Wildman–Crippen MR) is 101 cm³/mol. The zero-order valence-corrected chi connectivity index (χ0v) is 15.9. The fraction of sp³-hybridized carbons (Fsp3) is 0.211. The SMILES string of the molecule is Cl.NC/C=C(\F)Cn1cnc2c(-c3cccc(C(F)(F)F)c3)cc(C(F)(F)F)cc21. The van der Waals surface area contributed by atoms with Crippen LogP contribution in [0.1, 0.15) is 11.1 Å². The van der Waals surface area contributed by atoms with Gasteiger partial charge in [-0.05, 0) is 35.9 Å². The van der Waals surface area contributed by atoms with Crippen molar-refractivity contribution in [2.75, 3.05) is 6.54 Å². The van der Waals surface area contributed by atoms with Crippen LogP contribution in [0.4, 0.5) is 30.7 Å². The molecule has 162 valence electrons. The molecule has 1 aromatic heterocycles. The van der Waals surface area contributed by atoms with Gasteiger partial charge in [-0.3, -0.25) is 0 Å². The van der Waals surface area contributed by atoms with E-state index >= 15 is 0 Å². The van der Waals surface area contributed by atoms with Gasteiger partial charge in [-0.25, -0.2) is 9.37 Å². The Morgan fingerprint density at radius 1 is 1.00 bits per heavy atom. The molecule has 11 heteroatoms. The molecular weight excluding hydrogens is 439 g/mol. The molecule has 0 fully saturated rings. The Bertz CT molecular complexity index is 1070. The van der Waals surface area contributed by atoms with Crippen molar-refractivity contribution >= 4 is 23.4 Å². The van der Waals surface area contributed by atoms with Gasteiger partial charge in [0.25, 0.3) is 0 Å². The molecule has 0 spiro atoms. The van der Waals surface area contributed by atoms with Crippen molar-refractivity contribution in [3.8, 4) is 11.1 Å². The number of hydrogen-bond acceptors (Lipinski definition) is 2. The lowest BCUT2D eigenvalue weighted by Gasteiger charge is -2.13. The lowest BCUT2D eigenvalue weighted by atomic mass is 9.99. The first-order valence-electron chi connectivity index (χ1n) is 8.29. The van der Waals surface area contributed by atoms with Crippen LogP contribution in [0.2, 0.25) is 0 Å². The van der Waals surface area contributed by atoms with Gasteiger partial charge in [0.15, 0.2) is 0 Å². The number of halogens is 8. The molecule has 1 heterocycles. The Labute approximate surface area is 172 Å². The molecule has 0 atom stereocenters. The van der Waals surface area contributed by atoms with Gasteiger partial charge in [0, 0.05) is 12.1 Å². The number of aromatic nitrogens is 2. The number of nitrogens with zero attached hydrogens (tertiary/aromatic N) is 2. The summed E-state index contributed by atoms with van der Waals surface area (Å²) in [6, 6.07) is 5.46. The maximum absolute atomic E-state index is 13.8. The second-order valence-electron chi connectivity index (χ2n) is 6.23. The number of hydrogen-bond donors (Lipinski definition) is 1. The Kier molecular flexibility index (Phi) is 6.83. The molecule has 3 nitrogen and oxygen atoms in total. The van der Waals surface area contributed by atoms with Gasteiger partial charge in [-0.2, -0.15) is 26.3 Å². The van der Waals surface area contributed by atoms with Crippen molar-refractivity contribution in [2.45, 2.75) is 18.9 Å². The van der Waals surface area contributed by atoms with Crippen LogP contribution >= 0.6 is 12.4 Å². The average Bonchev–Trinajstić information content (AvgIpc) is 3.02. The monoisotopic (exact) mass is 453 g/mol. The van der Waals surface area contributed by atoms with Gasteiger partial charge in [-0.15, -0.1) is 12.4 Å². The van der Waals surface area contributed by atoms with Crippen LogP contribution in [0.3, 0.4) is 0 Å². The van der Waals surface area contributed by atoms with E-state index in [9.17, 15) is 30.7 Å². The minimum absolute atomic E-state index is 0. The van der Waals surface area contributed by atoms with Crippen LogP contribution in [-0.2, 0) is 18.9 Å². The van der Waals surface area contributed by atoms with Crippen LogP contribution in [0.15, 0.2) is 54.6 Å². The molecule has 0 unspecified atom stereocenters. The molecule has 3 rings (SSSR count). The van der Waals surface area contributed by atoms with Crippen molar-refractivity contribution in [1.82, 2.24) is 9.55 Å². The summed E-state index contributed by atoms with van der Waals surface area (Å²) in [5, 5.41) is 0. The molecule has 0 aliphatic heterocycles. The number of benzene rings is 2. The van der Waals surface area contributed by atoms with E-state index in [2.05, 4.69) is 4.98 Å². The highest BCUT2D eigenvalue weighted by Crippen LogP contribution is 2.38. The van der Waals surface area contributed by atoms with Gasteiger partial charge in [-0.1, -0.05) is 12.1 Å². The molecule has 0 radical (unpaired) electrons. The molecule has 3 aromatic rings. The minimum Gasteiger partial charge on any atom is -0.327 e. The summed E-state index contributed by atoms with van der Waals surface area (Å²) in [5.41, 5.74) is 2.88. The van der Waals surface area contributed by atoms with Gasteiger partial charge >= 0.3 is 12.4 Å². The summed E-state index contributed by atoms with van der Waals surface area (Å²) in [6.45, 7) is -0.501. The van der Waals surface area contributed by atoms with Crippen molar-refractivity contribution in [3.05, 3.63) is 65.8 Å². The van der Waals surface area contributed by atoms with Crippen molar-refractivity contribution < 1.29 is 30.7 Å². The average molecular weight is 454 g/mol. The van der Waals surface area contributed by atoms with Gasteiger partial charge < -0.3 is 10.3 Å². The third-order valence-corrected chi connectivity index (χ3v) is 4.21. The first-order valence-corrected chi connectivity index (χ1v) is 8.29. The largest absolute Gasteiger partial charge is 0.416 e. The van der Waals surface area contributed by atoms with E-state index in [1.165, 1.54) is 6.07 Å². The highest BCUT2D eigenvalue weighted by atomic mass is 35.5. The normalized spacial score (nSPS) is 12.9. The Morgan fingerprint density at radius 3 is 2.27 bits per heavy atom. The summed E-state index contributed by atoms with van der Waals surface area (Å²) in [5.74, 6) is -0.676. The second-order valence-corrected chi connectivity index (χ2v) is 6.23. The Hall–Kier alpha value is -2.59. The first-order chi connectivity index (χ1) is 13.5. The number of allylic oxidation sites excluding steroid dienone is 1. The number of fused-ring (bicyclic) bond motifs is 1. The number of nitrogens with two attached hydrogens (primary N) is 1. The molecule has 0 saturated carbocycles. The molecule has 0 saturated heterocycles. The molecule has 0 amide bonds. The summed E-state index contributed by atoms with van der Waals surface area (Å²) in [4.78, 5) is 4.01. The smallest absolute Gasteiger partial charge is 0.327 e. The summed E-state index contributed by atoms with van der Waals surface area (Å²) < 4.78 is 94.2. The van der Waals surface area contributed by atoms with E-state index in [0.29, 0.717) is 0 Å². The van der Waals surface area contributed by atoms with Crippen LogP contribution in [0, 0.1) is 0 Å². The zero-order valence-electron chi connectivity index (χ0n) is 15.1. The van der Waals surface area contributed by atoms with Crippen molar-refractivity contribution in [3.63, 3.8) is 0 Å². The summed E-state index contributed by atoms with van der Waals surface area (Å²) in [6.07, 6.45) is -7.23. The number of alkyl halides is 6. The predicted octanol–water partition coefficient (Wildman–Crippen LogP) is 5.97. The lowest BCUT2D eigenvalue weighted by Crippen LogP contribution is -2.07. The lowest BCUT2D eigenvalue weighted by molar-refractivity contribution is -0.138. The molecule has 0 aliphatic carbocycles. The topological polar surface area (TPSA) is 43.8 Å². The number of rotatable bonds is 4. The maximum Gasteiger partial charge on any atom is 0.416 e. The molecule has 2 aromatic carbocycles. The quantitative estimate of drug-likeness (QED) is 0.494. The first kappa shape index (κ1) is 23.7. The third kappa shape index (κ3) is 4.93. The van der Waals surface area contributed by atoms with E-state index in [4.69, 9.17) is 5.73 Å². The minimum atomic E-state index is -4.76. The zero-order chi connectivity index (χ0) is 21.4. The van der Waals surface area contributed by atoms with Crippen LogP contribution < -0.4 is 5.73 Å². The molecule has 0 aliphatic rings. The molecule has 2 N–H and O–H groups in total. The molecular formula is C19H15ClF7N3. The Balaban J connectivity index is 0.00000320. The van der Waals surface area contributed by atoms with Crippen LogP contribution in [0.25, 0.3) is 22.2 Å². The van der Waals surface area contributed by atoms with Crippen molar-refractivity contribution in [2.24, 2.45) is 5.73 Å². The highest BCUT2D eigenvalue weighted by Gasteiger charge is 2.33. The highest BCUT2D eigenvalue weighted by molar-refractivity contribution is 5.93. The van der Waals surface area contributed by atoms with E-state index in [-0.39, 0.29) is 41.1 Å². The van der Waals surface area contributed by atoms with E-state index in [1.807, 2.05) is 0 Å². The second kappa shape index (κ2) is 8.65. The van der Waals surface area contributed by atoms with Gasteiger partial charge in [0.1, 0.15) is 5.83 Å². The molecule has 30 heavy (non-hydrogen) atoms. The van der Waals surface area contributed by atoms with Crippen molar-refractivity contribution in [1.29, 1.82) is 0 Å². The van der Waals surface area contributed by atoms with Crippen LogP contribution in [-0.4, -0.2) is 16.1 Å². The molecule has 0 bridgehead atoms. The summed E-state index contributed by atoms with van der Waals surface area (Å²) >= 11 is 0. The summed E-state index contributed by atoms with van der Waals surface area (Å²) in [7, 11) is 0. The van der Waals surface area contributed by atoms with E-state index in [1.54, 1.807) is 0 Å². The van der Waals surface area contributed by atoms with E-state index < -0.39 is 35.9 Å².